The van der Waals surface area contributed by atoms with E-state index in [9.17, 15) is 0 Å². The molecule has 0 aliphatic carbocycles. The molecule has 0 saturated carbocycles. The van der Waals surface area contributed by atoms with Crippen molar-refractivity contribution in [3.8, 4) is 0 Å². The zero-order valence-corrected chi connectivity index (χ0v) is 12.7. The van der Waals surface area contributed by atoms with Gasteiger partial charge in [-0.25, -0.2) is 0 Å². The minimum atomic E-state index is -0.0742. The van der Waals surface area contributed by atoms with Crippen LogP contribution in [0.1, 0.15) is 32.6 Å². The van der Waals surface area contributed by atoms with Crippen LogP contribution < -0.4 is 0 Å². The smallest absolute Gasteiger partial charge is 0.0701 e. The van der Waals surface area contributed by atoms with Gasteiger partial charge in [-0.1, -0.05) is 89.9 Å². The zero-order valence-electron chi connectivity index (χ0n) is 6.34. The molecule has 0 aromatic carbocycles. The number of hydrogen-bond acceptors (Lipinski definition) is 0. The van der Waals surface area contributed by atoms with Crippen molar-refractivity contribution in [2.24, 2.45) is 0 Å². The van der Waals surface area contributed by atoms with Gasteiger partial charge in [0.1, 0.15) is 6.97 Å². The topological polar surface area (TPSA) is 0 Å². The highest BCUT2D eigenvalue weighted by molar-refractivity contribution is 9.31. The Morgan fingerprint density at radius 2 is 1.73 bits per heavy atom. The number of halogens is 4. The lowest BCUT2D eigenvalue weighted by molar-refractivity contribution is 0.668. The number of rotatable bonds is 5. The second-order valence-corrected chi connectivity index (χ2v) is 8.84. The Bertz CT molecular complexity index is 101. The van der Waals surface area contributed by atoms with Crippen LogP contribution in [0.2, 0.25) is 0 Å². The molecule has 0 atom stereocenters. The Morgan fingerprint density at radius 1 is 1.18 bits per heavy atom. The van der Waals surface area contributed by atoms with Gasteiger partial charge >= 0.3 is 0 Å². The van der Waals surface area contributed by atoms with Crippen LogP contribution in [0.3, 0.4) is 0 Å². The average molecular weight is 415 g/mol. The molecule has 0 aromatic heterocycles. The molecule has 0 rings (SSSR count). The highest BCUT2D eigenvalue weighted by Crippen LogP contribution is 2.47. The van der Waals surface area contributed by atoms with E-state index in [1.54, 1.807) is 0 Å². The van der Waals surface area contributed by atoms with E-state index in [4.69, 9.17) is 0 Å². The fourth-order valence-corrected chi connectivity index (χ4v) is 1.65. The van der Waals surface area contributed by atoms with Gasteiger partial charge < -0.3 is 0 Å². The van der Waals surface area contributed by atoms with Gasteiger partial charge in [-0.2, -0.15) is 0 Å². The summed E-state index contributed by atoms with van der Waals surface area (Å²) in [6.45, 7) is 2.21. The summed E-state index contributed by atoms with van der Waals surface area (Å²) in [5, 5.41) is 0. The first kappa shape index (κ1) is 12.9. The van der Waals surface area contributed by atoms with E-state index in [2.05, 4.69) is 70.6 Å². The lowest BCUT2D eigenvalue weighted by atomic mass is 10.2. The van der Waals surface area contributed by atoms with Crippen LogP contribution in [0.5, 0.6) is 0 Å². The first-order chi connectivity index (χ1) is 5.00. The summed E-state index contributed by atoms with van der Waals surface area (Å²) in [6.07, 6.45) is 4.86. The van der Waals surface area contributed by atoms with E-state index in [-0.39, 0.29) is 3.23 Å². The Balaban J connectivity index is 3.55. The molecule has 0 aromatic rings. The lowest BCUT2D eigenvalue weighted by Crippen LogP contribution is -2.12. The van der Waals surface area contributed by atoms with Crippen molar-refractivity contribution in [1.29, 1.82) is 0 Å². The fraction of sp³-hybridized carbons (Fsp3) is 0.857. The SMILES string of the molecule is CCCCCC(Br)(Br)[C](Br)Br. The molecule has 0 N–H and O–H groups in total. The summed E-state index contributed by atoms with van der Waals surface area (Å²) in [7, 11) is 0. The lowest BCUT2D eigenvalue weighted by Gasteiger charge is -2.20. The third kappa shape index (κ3) is 6.05. The van der Waals surface area contributed by atoms with Crippen LogP contribution >= 0.6 is 63.7 Å². The van der Waals surface area contributed by atoms with Crippen LogP contribution in [0, 0.1) is 3.74 Å². The van der Waals surface area contributed by atoms with Gasteiger partial charge in [0.05, 0.1) is 0 Å². The van der Waals surface area contributed by atoms with E-state index < -0.39 is 0 Å². The Kier molecular flexibility index (Phi) is 7.50. The third-order valence-electron chi connectivity index (χ3n) is 1.37. The molecule has 67 valence electrons. The molecule has 4 heteroatoms. The standard InChI is InChI=1S/C7H11Br4/c1-2-3-4-5-7(10,11)6(8)9/h2-5H2,1H3. The number of unbranched alkanes of at least 4 members (excludes halogenated alkanes) is 2. The number of hydrogen-bond donors (Lipinski definition) is 0. The van der Waals surface area contributed by atoms with E-state index in [0.29, 0.717) is 0 Å². The van der Waals surface area contributed by atoms with Gasteiger partial charge in [0.25, 0.3) is 0 Å². The molecule has 0 unspecified atom stereocenters. The maximum absolute atomic E-state index is 3.56. The Morgan fingerprint density at radius 3 is 2.09 bits per heavy atom. The molecule has 0 aliphatic rings. The molecule has 0 amide bonds. The first-order valence-electron chi connectivity index (χ1n) is 3.57. The van der Waals surface area contributed by atoms with Crippen molar-refractivity contribution in [2.75, 3.05) is 0 Å². The largest absolute Gasteiger partial charge is 0.133 e. The van der Waals surface area contributed by atoms with Crippen molar-refractivity contribution in [2.45, 2.75) is 35.8 Å². The predicted molar refractivity (Wildman–Crippen MR) is 65.8 cm³/mol. The van der Waals surface area contributed by atoms with Crippen LogP contribution in [0.15, 0.2) is 0 Å². The molecule has 0 bridgehead atoms. The van der Waals surface area contributed by atoms with E-state index >= 15 is 0 Å². The molecule has 11 heavy (non-hydrogen) atoms. The monoisotopic (exact) mass is 411 g/mol. The van der Waals surface area contributed by atoms with Crippen LogP contribution in [-0.4, -0.2) is 3.23 Å². The van der Waals surface area contributed by atoms with Gasteiger partial charge in [-0.15, -0.1) is 0 Å². The van der Waals surface area contributed by atoms with Crippen LogP contribution in [-0.2, 0) is 0 Å². The number of alkyl halides is 2. The Hall–Kier alpha value is 1.92. The minimum Gasteiger partial charge on any atom is -0.0701 e. The van der Waals surface area contributed by atoms with Crippen LogP contribution in [0.25, 0.3) is 0 Å². The van der Waals surface area contributed by atoms with Crippen molar-refractivity contribution in [3.63, 3.8) is 0 Å². The summed E-state index contributed by atoms with van der Waals surface area (Å²) in [4.78, 5) is 0. The highest BCUT2D eigenvalue weighted by atomic mass is 79.9. The summed E-state index contributed by atoms with van der Waals surface area (Å²) >= 11 is 13.9. The maximum atomic E-state index is 3.56. The summed E-state index contributed by atoms with van der Waals surface area (Å²) in [5.74, 6) is 0. The maximum Gasteiger partial charge on any atom is 0.133 e. The molecule has 1 radical (unpaired) electrons. The normalized spacial score (nSPS) is 12.5. The fourth-order valence-electron chi connectivity index (χ4n) is 0.692. The molecular formula is C7H11Br4. The second kappa shape index (κ2) is 6.39. The molecule has 0 spiro atoms. The van der Waals surface area contributed by atoms with Crippen molar-refractivity contribution >= 4 is 63.7 Å². The van der Waals surface area contributed by atoms with E-state index in [0.717, 1.165) is 10.2 Å². The zero-order chi connectivity index (χ0) is 8.91. The van der Waals surface area contributed by atoms with Crippen LogP contribution in [0.4, 0.5) is 0 Å². The first-order valence-corrected chi connectivity index (χ1v) is 6.74. The molecule has 0 fully saturated rings. The average Bonchev–Trinajstić information content (AvgIpc) is 1.88. The second-order valence-electron chi connectivity index (χ2n) is 2.42. The molecule has 0 saturated heterocycles. The summed E-state index contributed by atoms with van der Waals surface area (Å²) in [5.41, 5.74) is 0. The molecule has 0 nitrogen and oxygen atoms in total. The third-order valence-corrected chi connectivity index (χ3v) is 6.44. The van der Waals surface area contributed by atoms with Gasteiger partial charge in [-0.05, 0) is 6.42 Å². The Labute approximate surface area is 102 Å². The van der Waals surface area contributed by atoms with E-state index in [1.807, 2.05) is 0 Å². The minimum absolute atomic E-state index is 0.0742. The van der Waals surface area contributed by atoms with Gasteiger partial charge in [0.15, 0.2) is 0 Å². The van der Waals surface area contributed by atoms with Gasteiger partial charge in [-0.3, -0.25) is 0 Å². The predicted octanol–water partition coefficient (Wildman–Crippen LogP) is 5.33. The summed E-state index contributed by atoms with van der Waals surface area (Å²) in [6, 6.07) is 0. The summed E-state index contributed by atoms with van der Waals surface area (Å²) < 4.78 is 0.948. The van der Waals surface area contributed by atoms with E-state index in [1.165, 1.54) is 19.3 Å². The van der Waals surface area contributed by atoms with Gasteiger partial charge in [0.2, 0.25) is 0 Å². The van der Waals surface area contributed by atoms with Crippen molar-refractivity contribution < 1.29 is 0 Å². The molecular weight excluding hydrogens is 404 g/mol. The quantitative estimate of drug-likeness (QED) is 0.421. The molecule has 0 aliphatic heterocycles. The van der Waals surface area contributed by atoms with Crippen molar-refractivity contribution in [3.05, 3.63) is 3.74 Å². The molecule has 0 heterocycles. The van der Waals surface area contributed by atoms with Gasteiger partial charge in [0, 0.05) is 0 Å². The highest BCUT2D eigenvalue weighted by Gasteiger charge is 2.29. The van der Waals surface area contributed by atoms with Crippen molar-refractivity contribution in [1.82, 2.24) is 0 Å².